The van der Waals surface area contributed by atoms with Crippen molar-refractivity contribution in [2.45, 2.75) is 71.5 Å². The van der Waals surface area contributed by atoms with Crippen molar-refractivity contribution in [3.05, 3.63) is 0 Å². The lowest BCUT2D eigenvalue weighted by Crippen LogP contribution is -2.33. The molecule has 0 aliphatic rings. The summed E-state index contributed by atoms with van der Waals surface area (Å²) in [6.07, 6.45) is 4.00. The monoisotopic (exact) mass is 202 g/mol. The molecule has 0 aromatic carbocycles. The molecule has 2 nitrogen and oxygen atoms in total. The summed E-state index contributed by atoms with van der Waals surface area (Å²) in [6, 6.07) is 0. The van der Waals surface area contributed by atoms with Gasteiger partial charge in [-0.15, -0.1) is 0 Å². The summed E-state index contributed by atoms with van der Waals surface area (Å²) >= 11 is 0. The minimum Gasteiger partial charge on any atom is -0.393 e. The molecule has 86 valence electrons. The van der Waals surface area contributed by atoms with Crippen LogP contribution in [0.4, 0.5) is 0 Å². The third-order valence-electron chi connectivity index (χ3n) is 3.14. The molecule has 0 aliphatic heterocycles. The second kappa shape index (κ2) is 6.41. The summed E-state index contributed by atoms with van der Waals surface area (Å²) in [7, 11) is 0. The van der Waals surface area contributed by atoms with Gasteiger partial charge >= 0.3 is 0 Å². The van der Waals surface area contributed by atoms with Gasteiger partial charge in [-0.05, 0) is 25.7 Å². The zero-order chi connectivity index (χ0) is 11.2. The normalized spacial score (nSPS) is 20.1. The van der Waals surface area contributed by atoms with E-state index in [4.69, 9.17) is 0 Å². The SMILES string of the molecule is CCCC(CC)C(O)CC(C)(O)CC. The van der Waals surface area contributed by atoms with Crippen molar-refractivity contribution in [1.82, 2.24) is 0 Å². The molecule has 0 saturated heterocycles. The molecule has 2 heteroatoms. The molecule has 0 spiro atoms. The Labute approximate surface area is 88.3 Å². The first-order chi connectivity index (χ1) is 6.46. The number of hydrogen-bond acceptors (Lipinski definition) is 2. The zero-order valence-electron chi connectivity index (χ0n) is 10.1. The highest BCUT2D eigenvalue weighted by molar-refractivity contribution is 4.78. The fraction of sp³-hybridized carbons (Fsp3) is 1.00. The first kappa shape index (κ1) is 13.9. The first-order valence-electron chi connectivity index (χ1n) is 5.87. The summed E-state index contributed by atoms with van der Waals surface area (Å²) in [5, 5.41) is 19.8. The number of hydrogen-bond donors (Lipinski definition) is 2. The van der Waals surface area contributed by atoms with Crippen LogP contribution in [-0.4, -0.2) is 21.9 Å². The summed E-state index contributed by atoms with van der Waals surface area (Å²) in [4.78, 5) is 0. The second-order valence-corrected chi connectivity index (χ2v) is 4.58. The topological polar surface area (TPSA) is 40.5 Å². The minimum atomic E-state index is -0.708. The van der Waals surface area contributed by atoms with E-state index in [1.54, 1.807) is 6.92 Å². The molecule has 0 aromatic heterocycles. The van der Waals surface area contributed by atoms with Crippen LogP contribution in [0.1, 0.15) is 59.8 Å². The van der Waals surface area contributed by atoms with E-state index in [0.29, 0.717) is 18.8 Å². The molecule has 0 amide bonds. The van der Waals surface area contributed by atoms with E-state index in [1.807, 2.05) is 6.92 Å². The lowest BCUT2D eigenvalue weighted by Gasteiger charge is -2.29. The molecule has 0 radical (unpaired) electrons. The van der Waals surface area contributed by atoms with E-state index in [2.05, 4.69) is 13.8 Å². The molecule has 2 N–H and O–H groups in total. The van der Waals surface area contributed by atoms with E-state index in [-0.39, 0.29) is 6.10 Å². The van der Waals surface area contributed by atoms with Crippen LogP contribution >= 0.6 is 0 Å². The Morgan fingerprint density at radius 3 is 2.14 bits per heavy atom. The Morgan fingerprint density at radius 1 is 1.21 bits per heavy atom. The quantitative estimate of drug-likeness (QED) is 0.666. The molecule has 0 saturated carbocycles. The van der Waals surface area contributed by atoms with Gasteiger partial charge in [-0.25, -0.2) is 0 Å². The Kier molecular flexibility index (Phi) is 6.38. The molecule has 0 aromatic rings. The van der Waals surface area contributed by atoms with Gasteiger partial charge in [0.15, 0.2) is 0 Å². The molecule has 0 heterocycles. The largest absolute Gasteiger partial charge is 0.393 e. The van der Waals surface area contributed by atoms with Gasteiger partial charge in [0.2, 0.25) is 0 Å². The third-order valence-corrected chi connectivity index (χ3v) is 3.14. The van der Waals surface area contributed by atoms with Crippen LogP contribution in [0.15, 0.2) is 0 Å². The van der Waals surface area contributed by atoms with E-state index < -0.39 is 5.60 Å². The van der Waals surface area contributed by atoms with Crippen molar-refractivity contribution in [2.24, 2.45) is 5.92 Å². The van der Waals surface area contributed by atoms with Gasteiger partial charge in [-0.3, -0.25) is 0 Å². The van der Waals surface area contributed by atoms with Crippen LogP contribution in [-0.2, 0) is 0 Å². The summed E-state index contributed by atoms with van der Waals surface area (Å²) in [5.74, 6) is 0.345. The second-order valence-electron chi connectivity index (χ2n) is 4.58. The Morgan fingerprint density at radius 2 is 1.79 bits per heavy atom. The van der Waals surface area contributed by atoms with Gasteiger partial charge in [0.05, 0.1) is 11.7 Å². The van der Waals surface area contributed by atoms with Gasteiger partial charge in [-0.1, -0.05) is 33.6 Å². The Balaban J connectivity index is 4.09. The van der Waals surface area contributed by atoms with Crippen LogP contribution in [0.5, 0.6) is 0 Å². The van der Waals surface area contributed by atoms with Crippen LogP contribution in [0.25, 0.3) is 0 Å². The fourth-order valence-corrected chi connectivity index (χ4v) is 1.80. The van der Waals surface area contributed by atoms with E-state index in [9.17, 15) is 10.2 Å². The average Bonchev–Trinajstić information content (AvgIpc) is 2.13. The zero-order valence-corrected chi connectivity index (χ0v) is 10.1. The summed E-state index contributed by atoms with van der Waals surface area (Å²) in [6.45, 7) is 7.99. The van der Waals surface area contributed by atoms with Crippen molar-refractivity contribution in [2.75, 3.05) is 0 Å². The van der Waals surface area contributed by atoms with Gasteiger partial charge in [-0.2, -0.15) is 0 Å². The predicted molar refractivity (Wildman–Crippen MR) is 60.2 cm³/mol. The van der Waals surface area contributed by atoms with Crippen molar-refractivity contribution in [3.63, 3.8) is 0 Å². The predicted octanol–water partition coefficient (Wildman–Crippen LogP) is 2.72. The summed E-state index contributed by atoms with van der Waals surface area (Å²) in [5.41, 5.74) is -0.708. The molecule has 3 unspecified atom stereocenters. The average molecular weight is 202 g/mol. The lowest BCUT2D eigenvalue weighted by molar-refractivity contribution is -0.0205. The van der Waals surface area contributed by atoms with E-state index in [0.717, 1.165) is 19.3 Å². The van der Waals surface area contributed by atoms with Crippen LogP contribution in [0.3, 0.4) is 0 Å². The van der Waals surface area contributed by atoms with Gasteiger partial charge in [0, 0.05) is 6.42 Å². The highest BCUT2D eigenvalue weighted by Gasteiger charge is 2.26. The van der Waals surface area contributed by atoms with Gasteiger partial charge in [0.25, 0.3) is 0 Å². The maximum Gasteiger partial charge on any atom is 0.0641 e. The smallest absolute Gasteiger partial charge is 0.0641 e. The summed E-state index contributed by atoms with van der Waals surface area (Å²) < 4.78 is 0. The number of rotatable bonds is 7. The van der Waals surface area contributed by atoms with Crippen LogP contribution < -0.4 is 0 Å². The molecule has 0 fully saturated rings. The molecular formula is C12H26O2. The van der Waals surface area contributed by atoms with E-state index in [1.165, 1.54) is 0 Å². The lowest BCUT2D eigenvalue weighted by atomic mass is 9.86. The number of aliphatic hydroxyl groups is 2. The van der Waals surface area contributed by atoms with Crippen LogP contribution in [0.2, 0.25) is 0 Å². The highest BCUT2D eigenvalue weighted by Crippen LogP contribution is 2.24. The first-order valence-corrected chi connectivity index (χ1v) is 5.87. The Hall–Kier alpha value is -0.0800. The molecule has 0 bridgehead atoms. The maximum atomic E-state index is 9.95. The minimum absolute atomic E-state index is 0.345. The maximum absolute atomic E-state index is 9.95. The van der Waals surface area contributed by atoms with Gasteiger partial charge in [0.1, 0.15) is 0 Å². The fourth-order valence-electron chi connectivity index (χ4n) is 1.80. The number of aliphatic hydroxyl groups excluding tert-OH is 1. The molecule has 14 heavy (non-hydrogen) atoms. The van der Waals surface area contributed by atoms with Crippen molar-refractivity contribution < 1.29 is 10.2 Å². The molecule has 0 aliphatic carbocycles. The molecular weight excluding hydrogens is 176 g/mol. The van der Waals surface area contributed by atoms with Crippen molar-refractivity contribution in [1.29, 1.82) is 0 Å². The Bertz CT molecular complexity index is 143. The van der Waals surface area contributed by atoms with Gasteiger partial charge < -0.3 is 10.2 Å². The van der Waals surface area contributed by atoms with E-state index >= 15 is 0 Å². The van der Waals surface area contributed by atoms with Crippen LogP contribution in [0, 0.1) is 5.92 Å². The van der Waals surface area contributed by atoms with Crippen molar-refractivity contribution in [3.8, 4) is 0 Å². The third kappa shape index (κ3) is 4.97. The molecule has 3 atom stereocenters. The van der Waals surface area contributed by atoms with Crippen molar-refractivity contribution >= 4 is 0 Å². The molecule has 0 rings (SSSR count). The highest BCUT2D eigenvalue weighted by atomic mass is 16.3. The standard InChI is InChI=1S/C12H26O2/c1-5-8-10(6-2)11(13)9-12(4,14)7-3/h10-11,13-14H,5-9H2,1-4H3.